The molecule has 1 fully saturated rings. The number of aryl methyl sites for hydroxylation is 3. The summed E-state index contributed by atoms with van der Waals surface area (Å²) in [6, 6.07) is 5.06. The minimum atomic E-state index is 0.292. The minimum Gasteiger partial charge on any atom is -0.396 e. The Kier molecular flexibility index (Phi) is 4.41. The zero-order valence-electron chi connectivity index (χ0n) is 11.8. The second-order valence-corrected chi connectivity index (χ2v) is 5.70. The van der Waals surface area contributed by atoms with Gasteiger partial charge in [-0.3, -0.25) is 0 Å². The van der Waals surface area contributed by atoms with E-state index in [-0.39, 0.29) is 0 Å². The van der Waals surface area contributed by atoms with Crippen LogP contribution >= 0.6 is 0 Å². The van der Waals surface area contributed by atoms with Gasteiger partial charge in [0.05, 0.1) is 0 Å². The standard InChI is InChI=1S/C16H25NO/c1-11-8-13(3)15(9-12(11)2)10-17-16(6-7-18)14-4-5-14/h8-9,14,16-18H,4-7,10H2,1-3H3. The second kappa shape index (κ2) is 5.85. The molecule has 1 aromatic rings. The van der Waals surface area contributed by atoms with Crippen LogP contribution in [-0.4, -0.2) is 17.8 Å². The summed E-state index contributed by atoms with van der Waals surface area (Å²) in [7, 11) is 0. The van der Waals surface area contributed by atoms with Gasteiger partial charge in [0, 0.05) is 19.2 Å². The van der Waals surface area contributed by atoms with Crippen LogP contribution in [0.5, 0.6) is 0 Å². The van der Waals surface area contributed by atoms with Gasteiger partial charge in [0.2, 0.25) is 0 Å². The van der Waals surface area contributed by atoms with Gasteiger partial charge in [-0.25, -0.2) is 0 Å². The van der Waals surface area contributed by atoms with Crippen molar-refractivity contribution in [3.63, 3.8) is 0 Å². The fourth-order valence-electron chi connectivity index (χ4n) is 2.59. The van der Waals surface area contributed by atoms with Crippen LogP contribution in [0.15, 0.2) is 12.1 Å². The molecule has 0 heterocycles. The van der Waals surface area contributed by atoms with Gasteiger partial charge in [-0.05, 0) is 68.2 Å². The van der Waals surface area contributed by atoms with Gasteiger partial charge in [0.15, 0.2) is 0 Å². The average molecular weight is 247 g/mol. The van der Waals surface area contributed by atoms with Crippen LogP contribution in [0.25, 0.3) is 0 Å². The van der Waals surface area contributed by atoms with E-state index in [2.05, 4.69) is 38.2 Å². The molecule has 1 saturated carbocycles. The Morgan fingerprint density at radius 2 is 1.83 bits per heavy atom. The monoisotopic (exact) mass is 247 g/mol. The molecule has 1 aromatic carbocycles. The SMILES string of the molecule is Cc1cc(C)c(CNC(CCO)C2CC2)cc1C. The number of aliphatic hydroxyl groups excluding tert-OH is 1. The van der Waals surface area contributed by atoms with E-state index in [1.54, 1.807) is 0 Å². The lowest BCUT2D eigenvalue weighted by atomic mass is 10.00. The first-order valence-electron chi connectivity index (χ1n) is 7.02. The molecule has 0 bridgehead atoms. The summed E-state index contributed by atoms with van der Waals surface area (Å²) in [5.74, 6) is 0.795. The zero-order valence-corrected chi connectivity index (χ0v) is 11.8. The Balaban J connectivity index is 1.98. The average Bonchev–Trinajstić information content (AvgIpc) is 3.14. The number of hydrogen-bond acceptors (Lipinski definition) is 2. The maximum atomic E-state index is 9.11. The first-order chi connectivity index (χ1) is 8.61. The molecule has 18 heavy (non-hydrogen) atoms. The van der Waals surface area contributed by atoms with E-state index in [1.165, 1.54) is 35.1 Å². The number of hydrogen-bond donors (Lipinski definition) is 2. The maximum absolute atomic E-state index is 9.11. The van der Waals surface area contributed by atoms with Crippen LogP contribution in [0.1, 0.15) is 41.5 Å². The van der Waals surface area contributed by atoms with E-state index in [1.807, 2.05) is 0 Å². The number of aliphatic hydroxyl groups is 1. The molecule has 0 amide bonds. The molecule has 0 spiro atoms. The van der Waals surface area contributed by atoms with Crippen molar-refractivity contribution in [2.24, 2.45) is 5.92 Å². The van der Waals surface area contributed by atoms with Crippen molar-refractivity contribution >= 4 is 0 Å². The Morgan fingerprint density at radius 3 is 2.44 bits per heavy atom. The third kappa shape index (κ3) is 3.33. The summed E-state index contributed by atoms with van der Waals surface area (Å²) < 4.78 is 0. The van der Waals surface area contributed by atoms with Crippen LogP contribution in [0.2, 0.25) is 0 Å². The number of benzene rings is 1. The molecule has 0 saturated heterocycles. The molecule has 1 aliphatic carbocycles. The zero-order chi connectivity index (χ0) is 13.1. The van der Waals surface area contributed by atoms with Crippen LogP contribution in [0.3, 0.4) is 0 Å². The molecule has 1 atom stereocenters. The van der Waals surface area contributed by atoms with Gasteiger partial charge in [-0.2, -0.15) is 0 Å². The third-order valence-electron chi connectivity index (χ3n) is 4.14. The van der Waals surface area contributed by atoms with Crippen molar-refractivity contribution in [1.82, 2.24) is 5.32 Å². The van der Waals surface area contributed by atoms with E-state index in [9.17, 15) is 0 Å². The molecule has 2 N–H and O–H groups in total. The summed E-state index contributed by atoms with van der Waals surface area (Å²) in [4.78, 5) is 0. The van der Waals surface area contributed by atoms with Gasteiger partial charge in [-0.1, -0.05) is 12.1 Å². The second-order valence-electron chi connectivity index (χ2n) is 5.70. The van der Waals surface area contributed by atoms with Gasteiger partial charge < -0.3 is 10.4 Å². The van der Waals surface area contributed by atoms with Crippen molar-refractivity contribution in [3.05, 3.63) is 34.4 Å². The molecule has 1 aliphatic rings. The molecular weight excluding hydrogens is 222 g/mol. The fraction of sp³-hybridized carbons (Fsp3) is 0.625. The maximum Gasteiger partial charge on any atom is 0.0445 e. The molecule has 0 aliphatic heterocycles. The van der Waals surface area contributed by atoms with Crippen molar-refractivity contribution < 1.29 is 5.11 Å². The highest BCUT2D eigenvalue weighted by molar-refractivity contribution is 5.36. The first-order valence-corrected chi connectivity index (χ1v) is 7.02. The van der Waals surface area contributed by atoms with E-state index in [0.717, 1.165) is 18.9 Å². The molecule has 2 nitrogen and oxygen atoms in total. The Labute approximate surface area is 110 Å². The Bertz CT molecular complexity index is 410. The van der Waals surface area contributed by atoms with Crippen LogP contribution in [0, 0.1) is 26.7 Å². The molecule has 1 unspecified atom stereocenters. The van der Waals surface area contributed by atoms with Crippen LogP contribution in [0.4, 0.5) is 0 Å². The molecule has 0 aromatic heterocycles. The minimum absolute atomic E-state index is 0.292. The Hall–Kier alpha value is -0.860. The van der Waals surface area contributed by atoms with Gasteiger partial charge >= 0.3 is 0 Å². The molecular formula is C16H25NO. The lowest BCUT2D eigenvalue weighted by Crippen LogP contribution is -2.31. The first kappa shape index (κ1) is 13.6. The topological polar surface area (TPSA) is 32.3 Å². The van der Waals surface area contributed by atoms with E-state index < -0.39 is 0 Å². The predicted molar refractivity (Wildman–Crippen MR) is 75.7 cm³/mol. The normalized spacial score (nSPS) is 16.9. The fourth-order valence-corrected chi connectivity index (χ4v) is 2.59. The van der Waals surface area contributed by atoms with Crippen molar-refractivity contribution in [2.45, 2.75) is 52.6 Å². The summed E-state index contributed by atoms with van der Waals surface area (Å²) in [5, 5.41) is 12.7. The van der Waals surface area contributed by atoms with Crippen molar-refractivity contribution in [1.29, 1.82) is 0 Å². The largest absolute Gasteiger partial charge is 0.396 e. The summed E-state index contributed by atoms with van der Waals surface area (Å²) in [6.07, 6.45) is 3.53. The lowest BCUT2D eigenvalue weighted by Gasteiger charge is -2.18. The van der Waals surface area contributed by atoms with Gasteiger partial charge in [-0.15, -0.1) is 0 Å². The van der Waals surface area contributed by atoms with Gasteiger partial charge in [0.25, 0.3) is 0 Å². The van der Waals surface area contributed by atoms with Gasteiger partial charge in [0.1, 0.15) is 0 Å². The predicted octanol–water partition coefficient (Wildman–Crippen LogP) is 2.86. The lowest BCUT2D eigenvalue weighted by molar-refractivity contribution is 0.255. The van der Waals surface area contributed by atoms with Crippen LogP contribution in [-0.2, 0) is 6.54 Å². The Morgan fingerprint density at radius 1 is 1.17 bits per heavy atom. The van der Waals surface area contributed by atoms with Crippen molar-refractivity contribution in [3.8, 4) is 0 Å². The van der Waals surface area contributed by atoms with E-state index in [4.69, 9.17) is 5.11 Å². The molecule has 0 radical (unpaired) electrons. The van der Waals surface area contributed by atoms with E-state index >= 15 is 0 Å². The molecule has 2 heteroatoms. The smallest absolute Gasteiger partial charge is 0.0445 e. The van der Waals surface area contributed by atoms with E-state index in [0.29, 0.717) is 12.6 Å². The summed E-state index contributed by atoms with van der Waals surface area (Å²) in [5.41, 5.74) is 5.48. The highest BCUT2D eigenvalue weighted by Gasteiger charge is 2.30. The van der Waals surface area contributed by atoms with Crippen LogP contribution < -0.4 is 5.32 Å². The third-order valence-corrected chi connectivity index (χ3v) is 4.14. The highest BCUT2D eigenvalue weighted by atomic mass is 16.3. The van der Waals surface area contributed by atoms with Crippen molar-refractivity contribution in [2.75, 3.05) is 6.61 Å². The number of rotatable bonds is 6. The molecule has 100 valence electrons. The number of nitrogens with one attached hydrogen (secondary N) is 1. The highest BCUT2D eigenvalue weighted by Crippen LogP contribution is 2.34. The quantitative estimate of drug-likeness (QED) is 0.810. The summed E-state index contributed by atoms with van der Waals surface area (Å²) >= 11 is 0. The summed E-state index contributed by atoms with van der Waals surface area (Å²) in [6.45, 7) is 7.73. The molecule has 2 rings (SSSR count).